The predicted molar refractivity (Wildman–Crippen MR) is 144 cm³/mol. The van der Waals surface area contributed by atoms with E-state index in [0.29, 0.717) is 11.0 Å². The van der Waals surface area contributed by atoms with E-state index in [4.69, 9.17) is 9.59 Å². The minimum atomic E-state index is -2.56. The minimum absolute atomic E-state index is 0. The molecule has 0 aliphatic carbocycles. The van der Waals surface area contributed by atoms with Gasteiger partial charge >= 0.3 is 42.3 Å². The summed E-state index contributed by atoms with van der Waals surface area (Å²) in [5.74, 6) is -2.11. The third-order valence-electron chi connectivity index (χ3n) is 5.12. The molecule has 6 aromatic rings. The number of hydrogen-bond donors (Lipinski definition) is 1. The molecule has 39 heavy (non-hydrogen) atoms. The normalized spacial score (nSPS) is 10.3. The second-order valence-electron chi connectivity index (χ2n) is 7.24. The monoisotopic (exact) mass is 694 g/mol. The van der Waals surface area contributed by atoms with Gasteiger partial charge in [-0.2, -0.15) is 18.4 Å². The van der Waals surface area contributed by atoms with Crippen LogP contribution in [0, 0.1) is 5.88 Å². The number of alkyl halides is 2. The number of fused-ring (bicyclic) bond motifs is 6. The summed E-state index contributed by atoms with van der Waals surface area (Å²) in [5.41, 5.74) is 3.29. The van der Waals surface area contributed by atoms with Crippen molar-refractivity contribution in [1.29, 1.82) is 0 Å². The smallest absolute Gasteiger partial charge is 0.404 e. The summed E-state index contributed by atoms with van der Waals surface area (Å²) in [4.78, 5) is 27.7. The Bertz CT molecular complexity index is 1720. The molecule has 0 aliphatic rings. The fourth-order valence-corrected chi connectivity index (χ4v) is 4.50. The van der Waals surface area contributed by atoms with Crippen LogP contribution in [0.2, 0.25) is 0 Å². The minimum Gasteiger partial charge on any atom is -0.404 e. The fourth-order valence-electron chi connectivity index (χ4n) is 3.79. The van der Waals surface area contributed by atoms with E-state index in [2.05, 4.69) is 70.5 Å². The van der Waals surface area contributed by atoms with E-state index in [9.17, 15) is 17.6 Å². The van der Waals surface area contributed by atoms with Crippen LogP contribution < -0.4 is 29.6 Å². The van der Waals surface area contributed by atoms with E-state index in [1.54, 1.807) is 24.5 Å². The molecule has 0 fully saturated rings. The van der Waals surface area contributed by atoms with Gasteiger partial charge in [0.15, 0.2) is 0 Å². The zero-order valence-corrected chi connectivity index (χ0v) is 25.7. The molecule has 4 heterocycles. The molecule has 0 aliphatic heterocycles. The average Bonchev–Trinajstić information content (AvgIpc) is 3.39. The van der Waals surface area contributed by atoms with Crippen LogP contribution in [0.1, 0.15) is 6.55 Å². The molecule has 0 spiro atoms. The largest absolute Gasteiger partial charge is 1.00 e. The number of rotatable bonds is 1. The molecule has 2 aromatic carbocycles. The molecular weight excluding hydrogens is 683 g/mol. The van der Waals surface area contributed by atoms with Gasteiger partial charge in [-0.05, 0) is 36.4 Å². The number of halogens is 7. The van der Waals surface area contributed by atoms with Gasteiger partial charge in [-0.15, -0.1) is 0 Å². The Kier molecular flexibility index (Phi) is 13.1. The van der Waals surface area contributed by atoms with Crippen LogP contribution in [-0.2, 0) is 9.59 Å². The number of aromatic amines is 1. The van der Waals surface area contributed by atoms with Crippen LogP contribution in [0.4, 0.5) is 17.6 Å². The molecule has 0 radical (unpaired) electrons. The molecule has 14 heteroatoms. The maximum absolute atomic E-state index is 13.1. The van der Waals surface area contributed by atoms with E-state index in [1.807, 2.05) is 30.5 Å². The van der Waals surface area contributed by atoms with Gasteiger partial charge in [0.1, 0.15) is 0 Å². The Hall–Kier alpha value is -2.31. The number of hydrogen-bond acceptors (Lipinski definition) is 4. The molecule has 6 rings (SSSR count). The topological polar surface area (TPSA) is 80.6 Å². The first-order valence-corrected chi connectivity index (χ1v) is 12.3. The Morgan fingerprint density at radius 1 is 0.821 bits per heavy atom. The van der Waals surface area contributed by atoms with Crippen LogP contribution in [0.15, 0.2) is 82.3 Å². The zero-order chi connectivity index (χ0) is 27.8. The van der Waals surface area contributed by atoms with Crippen molar-refractivity contribution in [1.82, 2.24) is 19.5 Å². The van der Waals surface area contributed by atoms with E-state index in [-0.39, 0.29) is 35.7 Å². The van der Waals surface area contributed by atoms with Gasteiger partial charge in [0.05, 0.1) is 16.9 Å². The van der Waals surface area contributed by atoms with Crippen LogP contribution >= 0.6 is 43.5 Å². The first-order valence-electron chi connectivity index (χ1n) is 10.3. The van der Waals surface area contributed by atoms with Gasteiger partial charge in [-0.3, -0.25) is 26.1 Å². The van der Waals surface area contributed by atoms with Crippen molar-refractivity contribution in [2.45, 2.75) is 6.55 Å². The average molecular weight is 697 g/mol. The number of carbonyl (C=O) groups excluding carboxylic acids is 2. The van der Waals surface area contributed by atoms with Crippen molar-refractivity contribution in [2.75, 3.05) is 0 Å². The van der Waals surface area contributed by atoms with Crippen molar-refractivity contribution in [3.8, 4) is 0 Å². The molecular formula is C25H14Br2ClF4N4NaO2. The second-order valence-corrected chi connectivity index (χ2v) is 9.35. The number of nitrogens with zero attached hydrogens (tertiary/aromatic N) is 3. The summed E-state index contributed by atoms with van der Waals surface area (Å²) in [5, 5.41) is 3.93. The zero-order valence-electron chi connectivity index (χ0n) is 19.8. The Balaban J connectivity index is 0.000000219. The van der Waals surface area contributed by atoms with E-state index in [0.717, 1.165) is 35.3 Å². The van der Waals surface area contributed by atoms with Gasteiger partial charge < -0.3 is 13.8 Å². The van der Waals surface area contributed by atoms with Gasteiger partial charge in [0.25, 0.3) is 0 Å². The van der Waals surface area contributed by atoms with Crippen molar-refractivity contribution in [3.63, 3.8) is 0 Å². The van der Waals surface area contributed by atoms with Crippen LogP contribution in [0.25, 0.3) is 43.6 Å². The van der Waals surface area contributed by atoms with Crippen LogP contribution in [-0.4, -0.2) is 25.7 Å². The molecule has 0 unspecified atom stereocenters. The number of nitrogens with one attached hydrogen (secondary N) is 1. The molecule has 0 bridgehead atoms. The van der Waals surface area contributed by atoms with Crippen molar-refractivity contribution < 1.29 is 56.7 Å². The first kappa shape index (κ1) is 32.9. The predicted octanol–water partition coefficient (Wildman–Crippen LogP) is 5.86. The Morgan fingerprint density at radius 2 is 1.36 bits per heavy atom. The van der Waals surface area contributed by atoms with Crippen molar-refractivity contribution in [2.24, 2.45) is 0 Å². The summed E-state index contributed by atoms with van der Waals surface area (Å²) < 4.78 is 49.2. The maximum Gasteiger partial charge on any atom is 1.00 e. The number of H-pyrrole nitrogens is 1. The second kappa shape index (κ2) is 15.5. The van der Waals surface area contributed by atoms with Gasteiger partial charge in [-0.25, -0.2) is 0 Å². The molecule has 0 atom stereocenters. The van der Waals surface area contributed by atoms with Gasteiger partial charge in [-0.1, -0.05) is 44.0 Å². The summed E-state index contributed by atoms with van der Waals surface area (Å²) in [6.45, 7) is -2.56. The fraction of sp³-hybridized carbons (Fsp3) is 0.0400. The van der Waals surface area contributed by atoms with Gasteiger partial charge in [0.2, 0.25) is 0 Å². The quantitative estimate of drug-likeness (QED) is 0.133. The number of pyridine rings is 2. The molecule has 196 valence electrons. The molecule has 0 amide bonds. The Morgan fingerprint density at radius 3 is 1.97 bits per heavy atom. The SMILES string of the molecule is Brc1ccc2c(c1)[nH]c1ccncc12.FC(F)n1c2ccncc2c2ccc(Br)cc21.F[C-](F)Cl.O=C=O.[Na+]. The van der Waals surface area contributed by atoms with E-state index >= 15 is 0 Å². The Labute approximate surface area is 262 Å². The first-order chi connectivity index (χ1) is 18.2. The van der Waals surface area contributed by atoms with E-state index < -0.39 is 12.4 Å². The molecule has 1 N–H and O–H groups in total. The summed E-state index contributed by atoms with van der Waals surface area (Å²) in [7, 11) is 0. The molecule has 6 nitrogen and oxygen atoms in total. The van der Waals surface area contributed by atoms with Crippen LogP contribution in [0.3, 0.4) is 0 Å². The third kappa shape index (κ3) is 8.34. The van der Waals surface area contributed by atoms with E-state index in [1.165, 1.54) is 17.0 Å². The van der Waals surface area contributed by atoms with Crippen molar-refractivity contribution >= 4 is 93.2 Å². The number of benzene rings is 2. The summed E-state index contributed by atoms with van der Waals surface area (Å²) in [6.07, 6.45) is 7.08. The summed E-state index contributed by atoms with van der Waals surface area (Å²) >= 11 is 10.6. The maximum atomic E-state index is 13.1. The third-order valence-corrected chi connectivity index (χ3v) is 6.11. The molecule has 0 saturated heterocycles. The molecule has 0 saturated carbocycles. The summed E-state index contributed by atoms with van der Waals surface area (Å²) in [6, 6.07) is 15.2. The standard InChI is InChI=1S/C12H7BrF2N2.C11H7BrN2.CClF2.CO2.Na/c13-7-1-2-8-9-6-16-4-3-10(9)17(12(14)15)11(8)5-7;12-7-1-2-8-9-6-13-4-3-10(9)14-11(8)5-7;2-1(3)4;2-1-3;/h1-6,12H;1-6,14H;;;/q;;-1;;+1. The molecule has 4 aromatic heterocycles. The van der Waals surface area contributed by atoms with Crippen LogP contribution in [0.5, 0.6) is 0 Å². The number of aromatic nitrogens is 4. The van der Waals surface area contributed by atoms with Gasteiger partial charge in [0, 0.05) is 66.3 Å². The van der Waals surface area contributed by atoms with Crippen molar-refractivity contribution in [3.05, 3.63) is 88.1 Å².